The smallest absolute Gasteiger partial charge is 0.123 e. The van der Waals surface area contributed by atoms with E-state index in [0.717, 1.165) is 37.4 Å². The standard InChI is InChI=1S/C20H24N4O/c1-23-14-22-17-11-15(7-8-18(17)23)13-24-10-9-21-12-19(24)16-5-3-4-6-20(16)25-2/h3-8,11,14,19,21H,9-10,12-13H2,1-2H3. The third kappa shape index (κ3) is 3.13. The first-order valence-corrected chi connectivity index (χ1v) is 8.74. The van der Waals surface area contributed by atoms with Crippen LogP contribution in [0.5, 0.6) is 5.75 Å². The first kappa shape index (κ1) is 16.1. The number of piperazine rings is 1. The largest absolute Gasteiger partial charge is 0.496 e. The maximum Gasteiger partial charge on any atom is 0.123 e. The highest BCUT2D eigenvalue weighted by atomic mass is 16.5. The Balaban J connectivity index is 1.62. The van der Waals surface area contributed by atoms with Crippen molar-refractivity contribution in [1.82, 2.24) is 19.8 Å². The summed E-state index contributed by atoms with van der Waals surface area (Å²) in [7, 11) is 3.78. The van der Waals surface area contributed by atoms with E-state index in [4.69, 9.17) is 4.74 Å². The molecular weight excluding hydrogens is 312 g/mol. The van der Waals surface area contributed by atoms with Crippen LogP contribution >= 0.6 is 0 Å². The van der Waals surface area contributed by atoms with E-state index in [1.54, 1.807) is 7.11 Å². The molecule has 0 amide bonds. The summed E-state index contributed by atoms with van der Waals surface area (Å²) in [5, 5.41) is 3.52. The lowest BCUT2D eigenvalue weighted by Gasteiger charge is -2.37. The van der Waals surface area contributed by atoms with Crippen LogP contribution in [0.3, 0.4) is 0 Å². The molecule has 3 aromatic rings. The van der Waals surface area contributed by atoms with Crippen LogP contribution in [0.4, 0.5) is 0 Å². The summed E-state index contributed by atoms with van der Waals surface area (Å²) in [6, 6.07) is 15.2. The van der Waals surface area contributed by atoms with E-state index in [9.17, 15) is 0 Å². The van der Waals surface area contributed by atoms with Crippen LogP contribution in [0.15, 0.2) is 48.8 Å². The molecule has 1 aromatic heterocycles. The number of fused-ring (bicyclic) bond motifs is 1. The summed E-state index contributed by atoms with van der Waals surface area (Å²) >= 11 is 0. The van der Waals surface area contributed by atoms with E-state index in [1.165, 1.54) is 16.6 Å². The van der Waals surface area contributed by atoms with E-state index in [0.29, 0.717) is 6.04 Å². The van der Waals surface area contributed by atoms with Crippen molar-refractivity contribution in [3.63, 3.8) is 0 Å². The highest BCUT2D eigenvalue weighted by molar-refractivity contribution is 5.75. The van der Waals surface area contributed by atoms with Crippen molar-refractivity contribution in [3.05, 3.63) is 59.9 Å². The first-order chi connectivity index (χ1) is 12.3. The Labute approximate surface area is 148 Å². The average Bonchev–Trinajstić information content (AvgIpc) is 3.02. The van der Waals surface area contributed by atoms with Crippen LogP contribution in [0.25, 0.3) is 11.0 Å². The monoisotopic (exact) mass is 336 g/mol. The second-order valence-corrected chi connectivity index (χ2v) is 6.61. The number of benzene rings is 2. The van der Waals surface area contributed by atoms with Gasteiger partial charge in [-0.3, -0.25) is 4.90 Å². The number of aryl methyl sites for hydroxylation is 1. The minimum Gasteiger partial charge on any atom is -0.496 e. The number of imidazole rings is 1. The van der Waals surface area contributed by atoms with Crippen molar-refractivity contribution in [3.8, 4) is 5.75 Å². The normalized spacial score (nSPS) is 18.6. The van der Waals surface area contributed by atoms with Gasteiger partial charge in [0.2, 0.25) is 0 Å². The summed E-state index contributed by atoms with van der Waals surface area (Å²) in [4.78, 5) is 7.01. The van der Waals surface area contributed by atoms with Gasteiger partial charge >= 0.3 is 0 Å². The molecule has 0 radical (unpaired) electrons. The average molecular weight is 336 g/mol. The molecule has 1 fully saturated rings. The molecule has 1 unspecified atom stereocenters. The Kier molecular flexibility index (Phi) is 4.42. The lowest BCUT2D eigenvalue weighted by Crippen LogP contribution is -2.45. The molecule has 1 N–H and O–H groups in total. The number of methoxy groups -OCH3 is 1. The number of ether oxygens (including phenoxy) is 1. The van der Waals surface area contributed by atoms with Crippen molar-refractivity contribution in [2.75, 3.05) is 26.7 Å². The zero-order chi connectivity index (χ0) is 17.2. The highest BCUT2D eigenvalue weighted by Gasteiger charge is 2.26. The van der Waals surface area contributed by atoms with Gasteiger partial charge in [-0.2, -0.15) is 0 Å². The van der Waals surface area contributed by atoms with Crippen LogP contribution in [0.2, 0.25) is 0 Å². The van der Waals surface area contributed by atoms with Crippen LogP contribution in [-0.4, -0.2) is 41.2 Å². The molecule has 0 aliphatic carbocycles. The van der Waals surface area contributed by atoms with E-state index < -0.39 is 0 Å². The molecular formula is C20H24N4O. The number of aromatic nitrogens is 2. The fourth-order valence-corrected chi connectivity index (χ4v) is 3.70. The Hall–Kier alpha value is -2.37. The Bertz CT molecular complexity index is 873. The molecule has 1 atom stereocenters. The van der Waals surface area contributed by atoms with Crippen LogP contribution in [0, 0.1) is 0 Å². The molecule has 0 bridgehead atoms. The molecule has 1 aliphatic heterocycles. The van der Waals surface area contributed by atoms with Gasteiger partial charge in [0.15, 0.2) is 0 Å². The lowest BCUT2D eigenvalue weighted by molar-refractivity contribution is 0.151. The molecule has 5 nitrogen and oxygen atoms in total. The maximum atomic E-state index is 5.59. The van der Waals surface area contributed by atoms with Crippen molar-refractivity contribution < 1.29 is 4.74 Å². The van der Waals surface area contributed by atoms with Crippen LogP contribution < -0.4 is 10.1 Å². The summed E-state index contributed by atoms with van der Waals surface area (Å²) in [6.07, 6.45) is 1.87. The molecule has 130 valence electrons. The third-order valence-corrected chi connectivity index (χ3v) is 5.03. The Morgan fingerprint density at radius 3 is 3.00 bits per heavy atom. The first-order valence-electron chi connectivity index (χ1n) is 8.74. The summed E-state index contributed by atoms with van der Waals surface area (Å²) < 4.78 is 7.65. The van der Waals surface area contributed by atoms with Gasteiger partial charge in [0.05, 0.1) is 30.5 Å². The number of hydrogen-bond acceptors (Lipinski definition) is 4. The molecule has 5 heteroatoms. The number of para-hydroxylation sites is 1. The van der Waals surface area contributed by atoms with Crippen LogP contribution in [0.1, 0.15) is 17.2 Å². The van der Waals surface area contributed by atoms with Crippen molar-refractivity contribution in [2.24, 2.45) is 7.05 Å². The maximum absolute atomic E-state index is 5.59. The van der Waals surface area contributed by atoms with Gasteiger partial charge in [-0.25, -0.2) is 4.98 Å². The van der Waals surface area contributed by atoms with E-state index in [1.807, 2.05) is 25.5 Å². The Morgan fingerprint density at radius 2 is 2.12 bits per heavy atom. The number of rotatable bonds is 4. The van der Waals surface area contributed by atoms with Crippen molar-refractivity contribution >= 4 is 11.0 Å². The van der Waals surface area contributed by atoms with Gasteiger partial charge in [0, 0.05) is 38.8 Å². The predicted molar refractivity (Wildman–Crippen MR) is 99.7 cm³/mol. The molecule has 2 heterocycles. The molecule has 0 saturated carbocycles. The Morgan fingerprint density at radius 1 is 1.24 bits per heavy atom. The molecule has 1 saturated heterocycles. The second-order valence-electron chi connectivity index (χ2n) is 6.61. The number of nitrogens with zero attached hydrogens (tertiary/aromatic N) is 3. The lowest BCUT2D eigenvalue weighted by atomic mass is 10.0. The van der Waals surface area contributed by atoms with E-state index in [2.05, 4.69) is 50.1 Å². The zero-order valence-corrected chi connectivity index (χ0v) is 14.8. The molecule has 1 aliphatic rings. The van der Waals surface area contributed by atoms with Gasteiger partial charge in [-0.15, -0.1) is 0 Å². The van der Waals surface area contributed by atoms with Gasteiger partial charge < -0.3 is 14.6 Å². The minimum atomic E-state index is 0.310. The van der Waals surface area contributed by atoms with Crippen molar-refractivity contribution in [1.29, 1.82) is 0 Å². The summed E-state index contributed by atoms with van der Waals surface area (Å²) in [5.74, 6) is 0.960. The quantitative estimate of drug-likeness (QED) is 0.795. The SMILES string of the molecule is COc1ccccc1C1CNCCN1Cc1ccc2c(c1)ncn2C. The van der Waals surface area contributed by atoms with Gasteiger partial charge in [-0.05, 0) is 23.8 Å². The van der Waals surface area contributed by atoms with E-state index >= 15 is 0 Å². The topological polar surface area (TPSA) is 42.3 Å². The number of nitrogens with one attached hydrogen (secondary N) is 1. The van der Waals surface area contributed by atoms with E-state index in [-0.39, 0.29) is 0 Å². The predicted octanol–water partition coefficient (Wildman–Crippen LogP) is 2.73. The molecule has 0 spiro atoms. The number of hydrogen-bond donors (Lipinski definition) is 1. The minimum absolute atomic E-state index is 0.310. The van der Waals surface area contributed by atoms with Gasteiger partial charge in [-0.1, -0.05) is 24.3 Å². The summed E-state index contributed by atoms with van der Waals surface area (Å²) in [6.45, 7) is 3.88. The fraction of sp³-hybridized carbons (Fsp3) is 0.350. The molecule has 25 heavy (non-hydrogen) atoms. The fourth-order valence-electron chi connectivity index (χ4n) is 3.70. The molecule has 2 aromatic carbocycles. The zero-order valence-electron chi connectivity index (χ0n) is 14.8. The molecule has 4 rings (SSSR count). The van der Waals surface area contributed by atoms with Crippen LogP contribution in [-0.2, 0) is 13.6 Å². The second kappa shape index (κ2) is 6.86. The highest BCUT2D eigenvalue weighted by Crippen LogP contribution is 2.31. The van der Waals surface area contributed by atoms with Gasteiger partial charge in [0.25, 0.3) is 0 Å². The third-order valence-electron chi connectivity index (χ3n) is 5.03. The van der Waals surface area contributed by atoms with Crippen molar-refractivity contribution in [2.45, 2.75) is 12.6 Å². The summed E-state index contributed by atoms with van der Waals surface area (Å²) in [5.41, 5.74) is 4.78. The van der Waals surface area contributed by atoms with Gasteiger partial charge in [0.1, 0.15) is 5.75 Å².